The summed E-state index contributed by atoms with van der Waals surface area (Å²) in [4.78, 5) is 13.0. The summed E-state index contributed by atoms with van der Waals surface area (Å²) in [7, 11) is -3.28. The van der Waals surface area contributed by atoms with Gasteiger partial charge in [0.2, 0.25) is 5.91 Å². The van der Waals surface area contributed by atoms with E-state index >= 15 is 0 Å². The second-order valence-electron chi connectivity index (χ2n) is 16.8. The molecule has 11 nitrogen and oxygen atoms in total. The van der Waals surface area contributed by atoms with Gasteiger partial charge >= 0.3 is 0 Å². The van der Waals surface area contributed by atoms with Gasteiger partial charge in [-0.05, 0) is 110 Å². The van der Waals surface area contributed by atoms with Crippen molar-refractivity contribution >= 4 is 16.0 Å². The van der Waals surface area contributed by atoms with Crippen LogP contribution in [0.15, 0.2) is 73.8 Å². The number of carbonyl (C=O) groups excluding carboxylic acids is 1. The lowest BCUT2D eigenvalue weighted by Gasteiger charge is -2.26. The van der Waals surface area contributed by atoms with Gasteiger partial charge in [-0.3, -0.25) is 13.9 Å². The number of carbonyl (C=O) groups is 1. The van der Waals surface area contributed by atoms with E-state index in [4.69, 9.17) is 14.2 Å². The number of aliphatic hydroxyl groups is 2. The molecule has 0 bridgehead atoms. The van der Waals surface area contributed by atoms with Crippen LogP contribution >= 0.6 is 0 Å². The molecular weight excluding hydrogens is 721 g/mol. The lowest BCUT2D eigenvalue weighted by Crippen LogP contribution is -2.39. The van der Waals surface area contributed by atoms with Gasteiger partial charge in [-0.2, -0.15) is 8.42 Å². The fraction of sp³-hybridized carbons (Fsp3) is 0.605. The van der Waals surface area contributed by atoms with Crippen molar-refractivity contribution in [1.82, 2.24) is 10.2 Å². The highest BCUT2D eigenvalue weighted by atomic mass is 32.2. The van der Waals surface area contributed by atoms with Crippen molar-refractivity contribution in [3.05, 3.63) is 85.0 Å². The highest BCUT2D eigenvalue weighted by Gasteiger charge is 2.29. The van der Waals surface area contributed by atoms with Crippen LogP contribution in [0.3, 0.4) is 0 Å². The highest BCUT2D eigenvalue weighted by Crippen LogP contribution is 2.33. The van der Waals surface area contributed by atoms with Crippen molar-refractivity contribution in [2.24, 2.45) is 0 Å². The predicted octanol–water partition coefficient (Wildman–Crippen LogP) is 7.05. The molecule has 2 unspecified atom stereocenters. The van der Waals surface area contributed by atoms with E-state index in [2.05, 4.69) is 74.3 Å². The van der Waals surface area contributed by atoms with Crippen LogP contribution in [0, 0.1) is 0 Å². The first-order chi connectivity index (χ1) is 25.1. The van der Waals surface area contributed by atoms with Crippen molar-refractivity contribution in [3.8, 4) is 11.5 Å². The molecule has 0 saturated carbocycles. The van der Waals surface area contributed by atoms with Gasteiger partial charge in [0.15, 0.2) is 0 Å². The number of benzene rings is 2. The van der Waals surface area contributed by atoms with Gasteiger partial charge in [0.05, 0.1) is 31.2 Å². The molecule has 1 saturated heterocycles. The molecule has 0 spiro atoms. The molecule has 1 heterocycles. The number of nitrogens with one attached hydrogen (secondary N) is 1. The maximum atomic E-state index is 10.6. The number of amides is 1. The van der Waals surface area contributed by atoms with E-state index in [-0.39, 0.29) is 30.1 Å². The minimum Gasteiger partial charge on any atom is -0.491 e. The lowest BCUT2D eigenvalue weighted by molar-refractivity contribution is -0.117. The minimum atomic E-state index is -3.28. The molecule has 3 N–H and O–H groups in total. The van der Waals surface area contributed by atoms with E-state index in [1.54, 1.807) is 26.8 Å². The van der Waals surface area contributed by atoms with Crippen LogP contribution in [0.2, 0.25) is 0 Å². The van der Waals surface area contributed by atoms with Crippen LogP contribution in [-0.4, -0.2) is 104 Å². The molecule has 0 aromatic heterocycles. The van der Waals surface area contributed by atoms with Crippen molar-refractivity contribution in [2.75, 3.05) is 45.8 Å². The molecule has 0 aliphatic carbocycles. The Morgan fingerprint density at radius 2 is 1.24 bits per heavy atom. The minimum absolute atomic E-state index is 0.123. The van der Waals surface area contributed by atoms with Gasteiger partial charge in [-0.1, -0.05) is 57.7 Å². The quantitative estimate of drug-likeness (QED) is 0.0565. The molecule has 314 valence electrons. The molecule has 1 amide bonds. The molecule has 2 aromatic rings. The molecular formula is C43H72N2O9S. The van der Waals surface area contributed by atoms with Gasteiger partial charge in [0, 0.05) is 29.6 Å². The molecule has 2 aromatic carbocycles. The fourth-order valence-corrected chi connectivity index (χ4v) is 5.44. The van der Waals surface area contributed by atoms with E-state index in [1.165, 1.54) is 19.2 Å². The number of hydrogen-bond donors (Lipinski definition) is 3. The van der Waals surface area contributed by atoms with Gasteiger partial charge in [-0.15, -0.1) is 6.58 Å². The topological polar surface area (TPSA) is 144 Å². The number of nitrogens with zero attached hydrogens (tertiary/aromatic N) is 1. The summed E-state index contributed by atoms with van der Waals surface area (Å²) in [5.74, 6) is 1.33. The van der Waals surface area contributed by atoms with Crippen LogP contribution in [0.5, 0.6) is 11.5 Å². The largest absolute Gasteiger partial charge is 0.491 e. The summed E-state index contributed by atoms with van der Waals surface area (Å²) in [6.45, 7) is 34.5. The maximum Gasteiger partial charge on any atom is 0.264 e. The van der Waals surface area contributed by atoms with Crippen molar-refractivity contribution in [2.45, 2.75) is 124 Å². The SMILES string of the molecule is C=CC(=O)NC(C)(C)C.C=CCOCC(O)COc1ccc(C(C)(C)c2ccc(OCC(O)CC)cc2)cc1.CC(C)(C)N1CC1.CC(C)(C)OS(C)(=O)=O. The third-order valence-corrected chi connectivity index (χ3v) is 8.34. The molecule has 1 fully saturated rings. The molecule has 1 aliphatic heterocycles. The normalized spacial score (nSPS) is 14.2. The Hall–Kier alpha value is -3.26. The first-order valence-electron chi connectivity index (χ1n) is 18.7. The zero-order valence-electron chi connectivity index (χ0n) is 35.9. The van der Waals surface area contributed by atoms with Gasteiger partial charge in [0.1, 0.15) is 30.8 Å². The van der Waals surface area contributed by atoms with Crippen molar-refractivity contribution in [3.63, 3.8) is 0 Å². The molecule has 0 radical (unpaired) electrons. The van der Waals surface area contributed by atoms with Crippen LogP contribution in [0.1, 0.15) is 101 Å². The van der Waals surface area contributed by atoms with E-state index < -0.39 is 27.9 Å². The molecule has 1 aliphatic rings. The Labute approximate surface area is 333 Å². The number of hydrogen-bond acceptors (Lipinski definition) is 10. The Kier molecular flexibility index (Phi) is 22.3. The van der Waals surface area contributed by atoms with Crippen LogP contribution < -0.4 is 14.8 Å². The second-order valence-corrected chi connectivity index (χ2v) is 18.4. The van der Waals surface area contributed by atoms with Crippen molar-refractivity contribution < 1.29 is 41.8 Å². The monoisotopic (exact) mass is 792 g/mol. The summed E-state index contributed by atoms with van der Waals surface area (Å²) < 4.78 is 41.9. The highest BCUT2D eigenvalue weighted by molar-refractivity contribution is 7.86. The predicted molar refractivity (Wildman–Crippen MR) is 224 cm³/mol. The molecule has 2 atom stereocenters. The first kappa shape index (κ1) is 51.7. The molecule has 55 heavy (non-hydrogen) atoms. The second kappa shape index (κ2) is 23.7. The zero-order valence-corrected chi connectivity index (χ0v) is 36.7. The smallest absolute Gasteiger partial charge is 0.264 e. The van der Waals surface area contributed by atoms with Crippen LogP contribution in [-0.2, 0) is 29.2 Å². The number of rotatable bonds is 15. The average Bonchev–Trinajstić information content (AvgIpc) is 3.92. The number of aliphatic hydroxyl groups excluding tert-OH is 2. The maximum absolute atomic E-state index is 10.6. The zero-order chi connectivity index (χ0) is 42.7. The molecule has 12 heteroatoms. The van der Waals surface area contributed by atoms with Crippen LogP contribution in [0.25, 0.3) is 0 Å². The van der Waals surface area contributed by atoms with E-state index in [0.29, 0.717) is 30.9 Å². The Balaban J connectivity index is 0.000000936. The first-order valence-corrected chi connectivity index (χ1v) is 20.6. The van der Waals surface area contributed by atoms with Crippen molar-refractivity contribution in [1.29, 1.82) is 0 Å². The summed E-state index contributed by atoms with van der Waals surface area (Å²) >= 11 is 0. The fourth-order valence-electron chi connectivity index (χ4n) is 4.54. The standard InChI is InChI=1S/C25H34O5.C7H13NO.C6H13N.C5H12O3S/c1-5-15-28-16-22(27)18-30-24-13-9-20(10-14-24)25(3,4)19-7-11-23(12-8-19)29-17-21(26)6-2;1-5-6(9)8-7(2,3)4;1-6(2,3)7-4-5-7;1-5(2,3)8-9(4,6)7/h5,7-14,21-22,26-27H,1,6,15-18H2,2-4H3;5H,1H2,2-4H3,(H,8,9);4-5H2,1-3H3;1-4H3. The Morgan fingerprint density at radius 3 is 1.49 bits per heavy atom. The molecule has 3 rings (SSSR count). The lowest BCUT2D eigenvalue weighted by atomic mass is 9.78. The Morgan fingerprint density at radius 1 is 0.800 bits per heavy atom. The van der Waals surface area contributed by atoms with Gasteiger partial charge in [0.25, 0.3) is 10.1 Å². The van der Waals surface area contributed by atoms with Crippen LogP contribution in [0.4, 0.5) is 0 Å². The van der Waals surface area contributed by atoms with E-state index in [9.17, 15) is 23.4 Å². The number of ether oxygens (including phenoxy) is 3. The summed E-state index contributed by atoms with van der Waals surface area (Å²) in [5, 5.41) is 22.2. The van der Waals surface area contributed by atoms with Gasteiger partial charge < -0.3 is 29.7 Å². The summed E-state index contributed by atoms with van der Waals surface area (Å²) in [6.07, 6.45) is 3.50. The Bertz CT molecular complexity index is 1500. The van der Waals surface area contributed by atoms with Gasteiger partial charge in [-0.25, -0.2) is 0 Å². The third kappa shape index (κ3) is 26.3. The summed E-state index contributed by atoms with van der Waals surface area (Å²) in [6, 6.07) is 15.9. The average molecular weight is 793 g/mol. The third-order valence-electron chi connectivity index (χ3n) is 7.53. The van der Waals surface area contributed by atoms with E-state index in [1.807, 2.05) is 64.1 Å². The summed E-state index contributed by atoms with van der Waals surface area (Å²) in [5.41, 5.74) is 1.81. The van der Waals surface area contributed by atoms with E-state index in [0.717, 1.165) is 23.1 Å².